The number of carbonyl (C=O) groups excluding carboxylic acids is 2. The van der Waals surface area contributed by atoms with Crippen molar-refractivity contribution in [2.75, 3.05) is 32.1 Å². The number of methoxy groups -OCH3 is 1. The second-order valence-electron chi connectivity index (χ2n) is 8.20. The van der Waals surface area contributed by atoms with Crippen LogP contribution in [0.3, 0.4) is 0 Å². The summed E-state index contributed by atoms with van der Waals surface area (Å²) in [5.74, 6) is 0.721. The highest BCUT2D eigenvalue weighted by Crippen LogP contribution is 2.31. The Labute approximate surface area is 190 Å². The molecule has 0 saturated carbocycles. The number of amides is 3. The Hall–Kier alpha value is -3.06. The normalized spacial score (nSPS) is 15.6. The molecule has 0 aliphatic carbocycles. The van der Waals surface area contributed by atoms with Gasteiger partial charge in [-0.25, -0.2) is 4.79 Å². The minimum Gasteiger partial charge on any atom is -0.496 e. The van der Waals surface area contributed by atoms with Crippen molar-refractivity contribution < 1.29 is 14.3 Å². The number of hydrogen-bond acceptors (Lipinski definition) is 4. The summed E-state index contributed by atoms with van der Waals surface area (Å²) < 4.78 is 5.56. The Morgan fingerprint density at radius 2 is 1.75 bits per heavy atom. The molecule has 2 atom stereocenters. The van der Waals surface area contributed by atoms with E-state index in [9.17, 15) is 9.59 Å². The molecular weight excluding hydrogens is 404 g/mol. The highest BCUT2D eigenvalue weighted by atomic mass is 16.5. The molecule has 3 rings (SSSR count). The summed E-state index contributed by atoms with van der Waals surface area (Å²) in [6.45, 7) is 6.48. The molecule has 1 saturated heterocycles. The maximum absolute atomic E-state index is 12.6. The summed E-state index contributed by atoms with van der Waals surface area (Å²) in [4.78, 5) is 27.2. The van der Waals surface area contributed by atoms with Gasteiger partial charge in [0.05, 0.1) is 13.2 Å². The molecule has 7 nitrogen and oxygen atoms in total. The maximum Gasteiger partial charge on any atom is 0.319 e. The first-order valence-electron chi connectivity index (χ1n) is 11.3. The number of hydrogen-bond donors (Lipinski definition) is 3. The Morgan fingerprint density at radius 1 is 1.06 bits per heavy atom. The SMILES string of the molecule is CCC(C)NC(=O)c1ccc(NC(=O)NCC(c2ccccc2OC)N2CCCC2)cc1. The fourth-order valence-corrected chi connectivity index (χ4v) is 3.91. The minimum atomic E-state index is -0.277. The van der Waals surface area contributed by atoms with E-state index in [4.69, 9.17) is 4.74 Å². The summed E-state index contributed by atoms with van der Waals surface area (Å²) >= 11 is 0. The van der Waals surface area contributed by atoms with Gasteiger partial charge < -0.3 is 20.7 Å². The lowest BCUT2D eigenvalue weighted by atomic mass is 10.0. The van der Waals surface area contributed by atoms with Crippen LogP contribution in [-0.2, 0) is 0 Å². The smallest absolute Gasteiger partial charge is 0.319 e. The molecule has 2 aromatic carbocycles. The number of urea groups is 1. The Morgan fingerprint density at radius 3 is 2.41 bits per heavy atom. The number of likely N-dealkylation sites (tertiary alicyclic amines) is 1. The van der Waals surface area contributed by atoms with E-state index in [1.807, 2.05) is 32.0 Å². The molecular formula is C25H34N4O3. The van der Waals surface area contributed by atoms with Gasteiger partial charge in [-0.05, 0) is 69.6 Å². The molecule has 0 aromatic heterocycles. The average Bonchev–Trinajstić information content (AvgIpc) is 3.34. The lowest BCUT2D eigenvalue weighted by molar-refractivity contribution is 0.0939. The molecule has 1 aliphatic heterocycles. The first-order valence-corrected chi connectivity index (χ1v) is 11.3. The highest BCUT2D eigenvalue weighted by Gasteiger charge is 2.26. The van der Waals surface area contributed by atoms with Crippen molar-refractivity contribution in [3.63, 3.8) is 0 Å². The summed E-state index contributed by atoms with van der Waals surface area (Å²) in [6.07, 6.45) is 3.20. The van der Waals surface area contributed by atoms with Gasteiger partial charge in [-0.1, -0.05) is 25.1 Å². The van der Waals surface area contributed by atoms with Crippen LogP contribution in [0.15, 0.2) is 48.5 Å². The third-order valence-electron chi connectivity index (χ3n) is 5.93. The van der Waals surface area contributed by atoms with E-state index in [1.165, 1.54) is 0 Å². The van der Waals surface area contributed by atoms with Gasteiger partial charge >= 0.3 is 6.03 Å². The third-order valence-corrected chi connectivity index (χ3v) is 5.93. The number of rotatable bonds is 9. The fourth-order valence-electron chi connectivity index (χ4n) is 3.91. The summed E-state index contributed by atoms with van der Waals surface area (Å²) in [5, 5.41) is 8.79. The largest absolute Gasteiger partial charge is 0.496 e. The predicted octanol–water partition coefficient (Wildman–Crippen LogP) is 4.18. The molecule has 0 spiro atoms. The van der Waals surface area contributed by atoms with E-state index in [0.717, 1.165) is 43.7 Å². The van der Waals surface area contributed by atoms with Crippen LogP contribution in [0.4, 0.5) is 10.5 Å². The van der Waals surface area contributed by atoms with Gasteiger partial charge in [0, 0.05) is 29.4 Å². The van der Waals surface area contributed by atoms with Crippen molar-refractivity contribution in [1.29, 1.82) is 0 Å². The van der Waals surface area contributed by atoms with E-state index in [2.05, 4.69) is 26.9 Å². The summed E-state index contributed by atoms with van der Waals surface area (Å²) in [6, 6.07) is 14.8. The molecule has 0 bridgehead atoms. The molecule has 1 fully saturated rings. The zero-order valence-electron chi connectivity index (χ0n) is 19.2. The first kappa shape index (κ1) is 23.6. The van der Waals surface area contributed by atoms with Gasteiger partial charge in [0.1, 0.15) is 5.75 Å². The minimum absolute atomic E-state index is 0.0472. The molecule has 3 N–H and O–H groups in total. The number of ether oxygens (including phenoxy) is 1. The number of benzene rings is 2. The molecule has 32 heavy (non-hydrogen) atoms. The molecule has 2 aromatic rings. The average molecular weight is 439 g/mol. The van der Waals surface area contributed by atoms with E-state index in [0.29, 0.717) is 17.8 Å². The number of para-hydroxylation sites is 1. The van der Waals surface area contributed by atoms with Crippen LogP contribution in [0.5, 0.6) is 5.75 Å². The number of anilines is 1. The molecule has 7 heteroatoms. The Kier molecular flexibility index (Phi) is 8.50. The molecule has 1 aliphatic rings. The van der Waals surface area contributed by atoms with Gasteiger partial charge in [-0.15, -0.1) is 0 Å². The van der Waals surface area contributed by atoms with Crippen LogP contribution in [0.1, 0.15) is 55.1 Å². The molecule has 172 valence electrons. The number of nitrogens with zero attached hydrogens (tertiary/aromatic N) is 1. The highest BCUT2D eigenvalue weighted by molar-refractivity contribution is 5.95. The predicted molar refractivity (Wildman–Crippen MR) is 127 cm³/mol. The van der Waals surface area contributed by atoms with Crippen molar-refractivity contribution in [3.05, 3.63) is 59.7 Å². The van der Waals surface area contributed by atoms with Gasteiger partial charge in [0.25, 0.3) is 5.91 Å². The zero-order valence-corrected chi connectivity index (χ0v) is 19.2. The second-order valence-corrected chi connectivity index (χ2v) is 8.20. The van der Waals surface area contributed by atoms with Crippen molar-refractivity contribution in [2.45, 2.75) is 45.2 Å². The fraction of sp³-hybridized carbons (Fsp3) is 0.440. The van der Waals surface area contributed by atoms with Gasteiger partial charge in [0.15, 0.2) is 0 Å². The summed E-state index contributed by atoms with van der Waals surface area (Å²) in [7, 11) is 1.67. The van der Waals surface area contributed by atoms with Crippen molar-refractivity contribution >= 4 is 17.6 Å². The Balaban J connectivity index is 1.60. The van der Waals surface area contributed by atoms with Crippen LogP contribution in [0.2, 0.25) is 0 Å². The van der Waals surface area contributed by atoms with Crippen LogP contribution in [0, 0.1) is 0 Å². The lowest BCUT2D eigenvalue weighted by Crippen LogP contribution is -2.38. The van der Waals surface area contributed by atoms with Gasteiger partial charge in [-0.3, -0.25) is 9.69 Å². The monoisotopic (exact) mass is 438 g/mol. The maximum atomic E-state index is 12.6. The van der Waals surface area contributed by atoms with Crippen LogP contribution < -0.4 is 20.7 Å². The quantitative estimate of drug-likeness (QED) is 0.548. The number of carbonyl (C=O) groups is 2. The standard InChI is InChI=1S/C25H34N4O3/c1-4-18(2)27-24(30)19-11-13-20(14-12-19)28-25(31)26-17-22(29-15-7-8-16-29)21-9-5-6-10-23(21)32-3/h5-6,9-14,18,22H,4,7-8,15-17H2,1-3H3,(H,27,30)(H2,26,28,31). The first-order chi connectivity index (χ1) is 15.5. The summed E-state index contributed by atoms with van der Waals surface area (Å²) in [5.41, 5.74) is 2.29. The molecule has 0 radical (unpaired) electrons. The van der Waals surface area contributed by atoms with Crippen LogP contribution >= 0.6 is 0 Å². The van der Waals surface area contributed by atoms with Gasteiger partial charge in [-0.2, -0.15) is 0 Å². The van der Waals surface area contributed by atoms with Crippen LogP contribution in [-0.4, -0.2) is 49.6 Å². The van der Waals surface area contributed by atoms with Crippen molar-refractivity contribution in [2.24, 2.45) is 0 Å². The topological polar surface area (TPSA) is 82.7 Å². The van der Waals surface area contributed by atoms with E-state index in [1.54, 1.807) is 31.4 Å². The van der Waals surface area contributed by atoms with E-state index < -0.39 is 0 Å². The van der Waals surface area contributed by atoms with E-state index >= 15 is 0 Å². The molecule has 2 unspecified atom stereocenters. The zero-order chi connectivity index (χ0) is 22.9. The van der Waals surface area contributed by atoms with Gasteiger partial charge in [0.2, 0.25) is 0 Å². The second kappa shape index (κ2) is 11.5. The lowest BCUT2D eigenvalue weighted by Gasteiger charge is -2.29. The molecule has 3 amide bonds. The molecule has 1 heterocycles. The van der Waals surface area contributed by atoms with E-state index in [-0.39, 0.29) is 24.0 Å². The third kappa shape index (κ3) is 6.23. The van der Waals surface area contributed by atoms with Crippen LogP contribution in [0.25, 0.3) is 0 Å². The number of nitrogens with one attached hydrogen (secondary N) is 3. The van der Waals surface area contributed by atoms with Crippen molar-refractivity contribution in [1.82, 2.24) is 15.5 Å². The Bertz CT molecular complexity index is 894. The van der Waals surface area contributed by atoms with Crippen molar-refractivity contribution in [3.8, 4) is 5.75 Å².